The van der Waals surface area contributed by atoms with Gasteiger partial charge in [-0.25, -0.2) is 0 Å². The summed E-state index contributed by atoms with van der Waals surface area (Å²) < 4.78 is 38.8. The molecule has 6 nitrogen and oxygen atoms in total. The Labute approximate surface area is 154 Å². The number of fused-ring (bicyclic) bond motifs is 1. The molecule has 1 saturated heterocycles. The van der Waals surface area contributed by atoms with E-state index in [1.165, 1.54) is 18.2 Å². The third-order valence-electron chi connectivity index (χ3n) is 5.06. The highest BCUT2D eigenvalue weighted by molar-refractivity contribution is 6.05. The van der Waals surface area contributed by atoms with Gasteiger partial charge in [-0.05, 0) is 25.0 Å². The summed E-state index contributed by atoms with van der Waals surface area (Å²) in [6, 6.07) is 4.76. The fraction of sp³-hybridized carbons (Fsp3) is 0.500. The molecule has 1 aliphatic carbocycles. The summed E-state index contributed by atoms with van der Waals surface area (Å²) in [4.78, 5) is 37.7. The molecule has 2 N–H and O–H groups in total. The van der Waals surface area contributed by atoms with Crippen LogP contribution in [0, 0.1) is 11.8 Å². The number of likely N-dealkylation sites (tertiary alicyclic amines) is 1. The van der Waals surface area contributed by atoms with Gasteiger partial charge in [-0.1, -0.05) is 25.0 Å². The summed E-state index contributed by atoms with van der Waals surface area (Å²) >= 11 is 0. The van der Waals surface area contributed by atoms with E-state index in [2.05, 4.69) is 10.9 Å². The van der Waals surface area contributed by atoms with Gasteiger partial charge in [0.15, 0.2) is 0 Å². The maximum atomic E-state index is 12.9. The average molecular weight is 383 g/mol. The lowest BCUT2D eigenvalue weighted by molar-refractivity contribution is -0.140. The van der Waals surface area contributed by atoms with Crippen LogP contribution in [0.15, 0.2) is 24.3 Å². The summed E-state index contributed by atoms with van der Waals surface area (Å²) in [6.45, 7) is -0.0703. The van der Waals surface area contributed by atoms with E-state index < -0.39 is 17.6 Å². The van der Waals surface area contributed by atoms with Crippen LogP contribution in [0.4, 0.5) is 18.9 Å². The number of hydrogen-bond donors (Lipinski definition) is 2. The maximum absolute atomic E-state index is 12.9. The molecule has 2 atom stereocenters. The van der Waals surface area contributed by atoms with Crippen LogP contribution in [-0.2, 0) is 20.6 Å². The van der Waals surface area contributed by atoms with E-state index in [-0.39, 0.29) is 42.3 Å². The zero-order valence-electron chi connectivity index (χ0n) is 14.5. The van der Waals surface area contributed by atoms with Gasteiger partial charge in [0.1, 0.15) is 0 Å². The molecule has 27 heavy (non-hydrogen) atoms. The number of benzene rings is 1. The van der Waals surface area contributed by atoms with Gasteiger partial charge in [0.2, 0.25) is 17.7 Å². The normalized spacial score (nSPS) is 22.6. The van der Waals surface area contributed by atoms with Crippen molar-refractivity contribution in [2.45, 2.75) is 38.3 Å². The van der Waals surface area contributed by atoms with E-state index in [1.54, 1.807) is 0 Å². The minimum atomic E-state index is -4.56. The molecule has 2 aliphatic rings. The molecule has 9 heteroatoms. The number of nitrogens with zero attached hydrogens (tertiary/aromatic N) is 1. The standard InChI is InChI=1S/C18H20F3N3O3/c19-18(20,21)13-7-3-4-8-14(13)22-23-15(25)9-10-24-16(26)11-5-1-2-6-12(11)17(24)27/h3-4,7-8,11-12,22H,1-2,5-6,9-10H2,(H,23,25). The summed E-state index contributed by atoms with van der Waals surface area (Å²) in [5.74, 6) is -1.67. The number of imide groups is 1. The number of anilines is 1. The summed E-state index contributed by atoms with van der Waals surface area (Å²) in [5, 5.41) is 0. The van der Waals surface area contributed by atoms with Gasteiger partial charge in [-0.3, -0.25) is 30.1 Å². The van der Waals surface area contributed by atoms with E-state index >= 15 is 0 Å². The highest BCUT2D eigenvalue weighted by Crippen LogP contribution is 2.38. The van der Waals surface area contributed by atoms with Crippen LogP contribution < -0.4 is 10.9 Å². The summed E-state index contributed by atoms with van der Waals surface area (Å²) in [6.07, 6.45) is -1.54. The topological polar surface area (TPSA) is 78.5 Å². The molecule has 0 bridgehead atoms. The predicted octanol–water partition coefficient (Wildman–Crippen LogP) is 2.71. The van der Waals surface area contributed by atoms with Crippen LogP contribution in [0.2, 0.25) is 0 Å². The number of carbonyl (C=O) groups excluding carboxylic acids is 3. The van der Waals surface area contributed by atoms with Gasteiger partial charge in [-0.2, -0.15) is 13.2 Å². The van der Waals surface area contributed by atoms with Crippen molar-refractivity contribution in [2.24, 2.45) is 11.8 Å². The fourth-order valence-electron chi connectivity index (χ4n) is 3.70. The number of nitrogens with one attached hydrogen (secondary N) is 2. The van der Waals surface area contributed by atoms with Crippen molar-refractivity contribution in [1.82, 2.24) is 10.3 Å². The lowest BCUT2D eigenvalue weighted by atomic mass is 9.81. The fourth-order valence-corrected chi connectivity index (χ4v) is 3.70. The maximum Gasteiger partial charge on any atom is 0.418 e. The molecule has 3 rings (SSSR count). The quantitative estimate of drug-likeness (QED) is 0.605. The Morgan fingerprint density at radius 1 is 1.07 bits per heavy atom. The second-order valence-electron chi connectivity index (χ2n) is 6.79. The second kappa shape index (κ2) is 7.58. The van der Waals surface area contributed by atoms with Crippen LogP contribution in [-0.4, -0.2) is 29.2 Å². The monoisotopic (exact) mass is 383 g/mol. The molecule has 1 saturated carbocycles. The van der Waals surface area contributed by atoms with Crippen LogP contribution >= 0.6 is 0 Å². The molecule has 0 aromatic heterocycles. The first-order valence-corrected chi connectivity index (χ1v) is 8.85. The Morgan fingerprint density at radius 2 is 1.67 bits per heavy atom. The predicted molar refractivity (Wildman–Crippen MR) is 90.0 cm³/mol. The van der Waals surface area contributed by atoms with Crippen molar-refractivity contribution in [3.05, 3.63) is 29.8 Å². The van der Waals surface area contributed by atoms with Gasteiger partial charge >= 0.3 is 6.18 Å². The smallest absolute Gasteiger partial charge is 0.298 e. The van der Waals surface area contributed by atoms with Crippen molar-refractivity contribution < 1.29 is 27.6 Å². The number of rotatable bonds is 5. The Bertz CT molecular complexity index is 727. The number of para-hydroxylation sites is 1. The highest BCUT2D eigenvalue weighted by Gasteiger charge is 2.47. The molecule has 2 unspecified atom stereocenters. The first-order chi connectivity index (χ1) is 12.8. The number of hydrogen-bond acceptors (Lipinski definition) is 4. The Balaban J connectivity index is 1.54. The molecule has 0 spiro atoms. The number of hydrazine groups is 1. The molecular formula is C18H20F3N3O3. The molecular weight excluding hydrogens is 363 g/mol. The molecule has 146 valence electrons. The van der Waals surface area contributed by atoms with E-state index in [4.69, 9.17) is 0 Å². The minimum absolute atomic E-state index is 0.0703. The lowest BCUT2D eigenvalue weighted by Crippen LogP contribution is -2.37. The third kappa shape index (κ3) is 4.06. The van der Waals surface area contributed by atoms with E-state index in [0.717, 1.165) is 23.8 Å². The zero-order chi connectivity index (χ0) is 19.6. The van der Waals surface area contributed by atoms with Crippen LogP contribution in [0.1, 0.15) is 37.7 Å². The van der Waals surface area contributed by atoms with Crippen molar-refractivity contribution in [2.75, 3.05) is 12.0 Å². The zero-order valence-corrected chi connectivity index (χ0v) is 14.5. The average Bonchev–Trinajstić information content (AvgIpc) is 2.89. The summed E-state index contributed by atoms with van der Waals surface area (Å²) in [5.41, 5.74) is 3.27. The van der Waals surface area contributed by atoms with Crippen LogP contribution in [0.5, 0.6) is 0 Å². The van der Waals surface area contributed by atoms with Crippen LogP contribution in [0.25, 0.3) is 0 Å². The Kier molecular flexibility index (Phi) is 5.38. The Hall–Kier alpha value is -2.58. The first-order valence-electron chi connectivity index (χ1n) is 8.85. The minimum Gasteiger partial charge on any atom is -0.298 e. The van der Waals surface area contributed by atoms with E-state index in [1.807, 2.05) is 0 Å². The highest BCUT2D eigenvalue weighted by atomic mass is 19.4. The number of alkyl halides is 3. The molecule has 3 amide bonds. The van der Waals surface area contributed by atoms with Gasteiger partial charge in [0, 0.05) is 13.0 Å². The second-order valence-corrected chi connectivity index (χ2v) is 6.79. The largest absolute Gasteiger partial charge is 0.418 e. The number of amides is 3. The van der Waals surface area contributed by atoms with Gasteiger partial charge in [0.05, 0.1) is 23.1 Å². The molecule has 1 aromatic carbocycles. The summed E-state index contributed by atoms with van der Waals surface area (Å²) in [7, 11) is 0. The van der Waals surface area contributed by atoms with Gasteiger partial charge < -0.3 is 0 Å². The van der Waals surface area contributed by atoms with E-state index in [9.17, 15) is 27.6 Å². The number of carbonyl (C=O) groups is 3. The van der Waals surface area contributed by atoms with Gasteiger partial charge in [0.25, 0.3) is 0 Å². The molecule has 2 fully saturated rings. The van der Waals surface area contributed by atoms with Gasteiger partial charge in [-0.15, -0.1) is 0 Å². The van der Waals surface area contributed by atoms with Crippen molar-refractivity contribution in [1.29, 1.82) is 0 Å². The molecule has 1 heterocycles. The Morgan fingerprint density at radius 3 is 2.26 bits per heavy atom. The first kappa shape index (κ1) is 19.2. The van der Waals surface area contributed by atoms with E-state index in [0.29, 0.717) is 12.8 Å². The van der Waals surface area contributed by atoms with Crippen molar-refractivity contribution in [3.63, 3.8) is 0 Å². The molecule has 1 aromatic rings. The van der Waals surface area contributed by atoms with Crippen molar-refractivity contribution >= 4 is 23.4 Å². The van der Waals surface area contributed by atoms with Crippen LogP contribution in [0.3, 0.4) is 0 Å². The number of halogens is 3. The third-order valence-corrected chi connectivity index (χ3v) is 5.06. The molecule has 1 aliphatic heterocycles. The SMILES string of the molecule is O=C(CCN1C(=O)C2CCCCC2C1=O)NNc1ccccc1C(F)(F)F. The van der Waals surface area contributed by atoms with Crippen molar-refractivity contribution in [3.8, 4) is 0 Å². The molecule has 0 radical (unpaired) electrons. The lowest BCUT2D eigenvalue weighted by Gasteiger charge is -2.19.